The first-order valence-electron chi connectivity index (χ1n) is 14.6. The fraction of sp³-hybridized carbons (Fsp3) is 0.375. The lowest BCUT2D eigenvalue weighted by molar-refractivity contribution is -0.137. The van der Waals surface area contributed by atoms with Crippen molar-refractivity contribution in [2.75, 3.05) is 23.7 Å². The number of pyridine rings is 1. The first kappa shape index (κ1) is 32.4. The zero-order valence-electron chi connectivity index (χ0n) is 24.8. The van der Waals surface area contributed by atoms with Gasteiger partial charge in [-0.1, -0.05) is 28.6 Å². The van der Waals surface area contributed by atoms with Crippen LogP contribution in [0.15, 0.2) is 69.2 Å². The summed E-state index contributed by atoms with van der Waals surface area (Å²) in [5, 5.41) is 0.0750. The Hall–Kier alpha value is -3.52. The maximum absolute atomic E-state index is 15.5. The van der Waals surface area contributed by atoms with Gasteiger partial charge in [0.1, 0.15) is 17.8 Å². The van der Waals surface area contributed by atoms with Crippen LogP contribution in [-0.4, -0.2) is 62.4 Å². The second-order valence-corrected chi connectivity index (χ2v) is 13.6. The Morgan fingerprint density at radius 3 is 2.52 bits per heavy atom. The number of rotatable bonds is 4. The SMILES string of the molecule is C=CC(=O)N1[C@H](C)CN(c2nc(=O)n3c4c(c(C5=C(F)CC(F)C(Br)=C5)c(C(F)(F)F)cc24)SC[C@@H](c2ccccn2)C3)C[C@@H]1C. The minimum absolute atomic E-state index is 0.0504. The standard InChI is InChI=1S/C32H29BrF5N5O2S/c1-4-26(44)43-16(2)12-41(13-17(43)3)30-20-9-21(32(36,37)38)27(19-10-22(33)24(35)11-23(19)34)29-28(20)42(31(45)40-30)14-18(15-46-29)25-7-5-6-8-39-25/h4-10,16-18,24H,1,11-15H2,2-3H3/t16-,17+,18-,24?/m0/s1. The Balaban J connectivity index is 1.64. The minimum atomic E-state index is -4.94. The molecule has 4 heterocycles. The van der Waals surface area contributed by atoms with Gasteiger partial charge in [0.05, 0.1) is 11.1 Å². The van der Waals surface area contributed by atoms with Crippen LogP contribution in [-0.2, 0) is 17.5 Å². The lowest BCUT2D eigenvalue weighted by Crippen LogP contribution is -2.58. The van der Waals surface area contributed by atoms with Gasteiger partial charge in [0, 0.05) is 87.6 Å². The highest BCUT2D eigenvalue weighted by Crippen LogP contribution is 2.50. The third kappa shape index (κ3) is 5.67. The third-order valence-electron chi connectivity index (χ3n) is 8.59. The zero-order valence-corrected chi connectivity index (χ0v) is 27.2. The molecule has 7 nitrogen and oxygen atoms in total. The van der Waals surface area contributed by atoms with Gasteiger partial charge in [0.2, 0.25) is 5.91 Å². The number of carbonyl (C=O) groups excluding carboxylic acids is 1. The van der Waals surface area contributed by atoms with Crippen molar-refractivity contribution in [3.05, 3.63) is 86.8 Å². The van der Waals surface area contributed by atoms with E-state index in [0.717, 1.165) is 23.9 Å². The molecule has 1 unspecified atom stereocenters. The number of halogens is 6. The highest BCUT2D eigenvalue weighted by molar-refractivity contribution is 9.11. The molecule has 1 aliphatic carbocycles. The van der Waals surface area contributed by atoms with Gasteiger partial charge in [-0.2, -0.15) is 18.2 Å². The molecule has 0 bridgehead atoms. The van der Waals surface area contributed by atoms with E-state index in [1.165, 1.54) is 10.6 Å². The number of amides is 1. The first-order chi connectivity index (χ1) is 21.8. The molecule has 1 saturated heterocycles. The van der Waals surface area contributed by atoms with Crippen molar-refractivity contribution in [2.24, 2.45) is 0 Å². The summed E-state index contributed by atoms with van der Waals surface area (Å²) in [6.45, 7) is 7.65. The molecule has 0 spiro atoms. The number of thioether (sulfide) groups is 1. The molecule has 1 aromatic carbocycles. The summed E-state index contributed by atoms with van der Waals surface area (Å²) in [4.78, 5) is 38.7. The van der Waals surface area contributed by atoms with Crippen molar-refractivity contribution in [1.29, 1.82) is 0 Å². The number of alkyl halides is 4. The average Bonchev–Trinajstić information content (AvgIpc) is 3.21. The molecule has 2 aromatic heterocycles. The first-order valence-corrected chi connectivity index (χ1v) is 16.4. The Morgan fingerprint density at radius 1 is 1.17 bits per heavy atom. The van der Waals surface area contributed by atoms with Crippen LogP contribution in [0.4, 0.5) is 27.8 Å². The molecule has 0 N–H and O–H groups in total. The van der Waals surface area contributed by atoms with Crippen LogP contribution < -0.4 is 10.6 Å². The molecule has 6 rings (SSSR count). The molecule has 14 heteroatoms. The van der Waals surface area contributed by atoms with Crippen LogP contribution in [0.1, 0.15) is 43.0 Å². The Bertz CT molecular complexity index is 1850. The van der Waals surface area contributed by atoms with Crippen molar-refractivity contribution >= 4 is 55.9 Å². The summed E-state index contributed by atoms with van der Waals surface area (Å²) in [7, 11) is 0. The number of aromatic nitrogens is 3. The molecule has 2 aliphatic heterocycles. The van der Waals surface area contributed by atoms with E-state index >= 15 is 17.6 Å². The van der Waals surface area contributed by atoms with E-state index in [0.29, 0.717) is 5.69 Å². The number of allylic oxidation sites excluding steroid dienone is 4. The molecular formula is C32H29BrF5N5O2S. The summed E-state index contributed by atoms with van der Waals surface area (Å²) in [6.07, 6.45) is -3.53. The molecular weight excluding hydrogens is 693 g/mol. The third-order valence-corrected chi connectivity index (χ3v) is 10.6. The van der Waals surface area contributed by atoms with Crippen molar-refractivity contribution in [1.82, 2.24) is 19.4 Å². The Kier molecular flexibility index (Phi) is 8.64. The lowest BCUT2D eigenvalue weighted by Gasteiger charge is -2.44. The van der Waals surface area contributed by atoms with E-state index in [4.69, 9.17) is 0 Å². The summed E-state index contributed by atoms with van der Waals surface area (Å²) in [5.74, 6) is -1.39. The van der Waals surface area contributed by atoms with E-state index < -0.39 is 41.4 Å². The van der Waals surface area contributed by atoms with E-state index in [1.807, 2.05) is 0 Å². The second kappa shape index (κ2) is 12.3. The Labute approximate surface area is 274 Å². The van der Waals surface area contributed by atoms with Gasteiger partial charge in [0.15, 0.2) is 0 Å². The number of hydrogen-bond donors (Lipinski definition) is 0. The van der Waals surface area contributed by atoms with Gasteiger partial charge in [-0.25, -0.2) is 13.6 Å². The van der Waals surface area contributed by atoms with E-state index in [1.54, 1.807) is 48.0 Å². The molecule has 1 amide bonds. The number of piperazine rings is 1. The van der Waals surface area contributed by atoms with Gasteiger partial charge >= 0.3 is 11.9 Å². The van der Waals surface area contributed by atoms with Crippen LogP contribution in [0.25, 0.3) is 16.5 Å². The second-order valence-electron chi connectivity index (χ2n) is 11.7. The zero-order chi connectivity index (χ0) is 33.1. The smallest absolute Gasteiger partial charge is 0.352 e. The monoisotopic (exact) mass is 721 g/mol. The summed E-state index contributed by atoms with van der Waals surface area (Å²) >= 11 is 4.15. The van der Waals surface area contributed by atoms with E-state index in [9.17, 15) is 14.0 Å². The number of anilines is 1. The minimum Gasteiger partial charge on any atom is -0.352 e. The molecule has 1 fully saturated rings. The van der Waals surface area contributed by atoms with Crippen molar-refractivity contribution < 1.29 is 26.7 Å². The number of nitrogens with zero attached hydrogens (tertiary/aromatic N) is 5. The number of carbonyl (C=O) groups is 1. The van der Waals surface area contributed by atoms with Gasteiger partial charge < -0.3 is 9.80 Å². The Morgan fingerprint density at radius 2 is 1.89 bits per heavy atom. The molecule has 0 saturated carbocycles. The normalized spacial score (nSPS) is 23.8. The van der Waals surface area contributed by atoms with Crippen LogP contribution in [0.2, 0.25) is 0 Å². The summed E-state index contributed by atoms with van der Waals surface area (Å²) in [5.41, 5.74) is -1.79. The maximum atomic E-state index is 15.5. The van der Waals surface area contributed by atoms with E-state index in [-0.39, 0.29) is 81.0 Å². The van der Waals surface area contributed by atoms with Crippen molar-refractivity contribution in [3.8, 4) is 0 Å². The van der Waals surface area contributed by atoms with Crippen molar-refractivity contribution in [2.45, 2.75) is 62.1 Å². The van der Waals surface area contributed by atoms with Gasteiger partial charge in [0.25, 0.3) is 0 Å². The average molecular weight is 723 g/mol. The molecule has 242 valence electrons. The molecule has 0 radical (unpaired) electrons. The van der Waals surface area contributed by atoms with E-state index in [2.05, 4.69) is 32.5 Å². The predicted octanol–water partition coefficient (Wildman–Crippen LogP) is 7.01. The number of benzene rings is 1. The van der Waals surface area contributed by atoms with Gasteiger partial charge in [-0.15, -0.1) is 11.8 Å². The molecule has 46 heavy (non-hydrogen) atoms. The number of hydrogen-bond acceptors (Lipinski definition) is 6. The van der Waals surface area contributed by atoms with Crippen LogP contribution in [0.5, 0.6) is 0 Å². The summed E-state index contributed by atoms with van der Waals surface area (Å²) < 4.78 is 76.4. The molecule has 4 atom stereocenters. The highest BCUT2D eigenvalue weighted by Gasteiger charge is 2.41. The highest BCUT2D eigenvalue weighted by atomic mass is 79.9. The van der Waals surface area contributed by atoms with Crippen LogP contribution in [0.3, 0.4) is 0 Å². The van der Waals surface area contributed by atoms with Gasteiger partial charge in [-0.05, 0) is 44.2 Å². The van der Waals surface area contributed by atoms with Crippen LogP contribution in [0, 0.1) is 0 Å². The fourth-order valence-corrected chi connectivity index (χ4v) is 8.36. The fourth-order valence-electron chi connectivity index (χ4n) is 6.60. The van der Waals surface area contributed by atoms with Crippen molar-refractivity contribution in [3.63, 3.8) is 0 Å². The molecule has 3 aromatic rings. The maximum Gasteiger partial charge on any atom is 0.417 e. The molecule has 3 aliphatic rings. The summed E-state index contributed by atoms with van der Waals surface area (Å²) in [6, 6.07) is 5.49. The van der Waals surface area contributed by atoms with Gasteiger partial charge in [-0.3, -0.25) is 14.3 Å². The predicted molar refractivity (Wildman–Crippen MR) is 171 cm³/mol. The largest absolute Gasteiger partial charge is 0.417 e. The lowest BCUT2D eigenvalue weighted by atomic mass is 9.91. The van der Waals surface area contributed by atoms with Crippen LogP contribution >= 0.6 is 27.7 Å². The topological polar surface area (TPSA) is 71.3 Å². The quantitative estimate of drug-likeness (QED) is 0.213.